The molecule has 1 fully saturated rings. The van der Waals surface area contributed by atoms with Crippen LogP contribution in [0.1, 0.15) is 31.2 Å². The standard InChI is InChI=1S/C17H26N8S/c1-4-15-22-17(26-23-15)25-10-8-24(9-11-25)16(18-5-2)20-12-14-6-7-19-13(3)21-14/h6-7H,4-5,8-12H2,1-3H3,(H,18,20). The second-order valence-corrected chi connectivity index (χ2v) is 6.82. The Morgan fingerprint density at radius 2 is 2.04 bits per heavy atom. The monoisotopic (exact) mass is 374 g/mol. The number of aromatic nitrogens is 4. The summed E-state index contributed by atoms with van der Waals surface area (Å²) in [4.78, 5) is 22.5. The lowest BCUT2D eigenvalue weighted by Crippen LogP contribution is -2.52. The fourth-order valence-corrected chi connectivity index (χ4v) is 3.60. The molecule has 0 aliphatic carbocycles. The van der Waals surface area contributed by atoms with Crippen molar-refractivity contribution >= 4 is 22.6 Å². The largest absolute Gasteiger partial charge is 0.357 e. The summed E-state index contributed by atoms with van der Waals surface area (Å²) in [6, 6.07) is 1.92. The van der Waals surface area contributed by atoms with Crippen molar-refractivity contribution in [2.75, 3.05) is 37.6 Å². The highest BCUT2D eigenvalue weighted by Crippen LogP contribution is 2.19. The van der Waals surface area contributed by atoms with E-state index in [1.165, 1.54) is 11.5 Å². The van der Waals surface area contributed by atoms with E-state index in [0.717, 1.165) is 67.6 Å². The van der Waals surface area contributed by atoms with E-state index in [9.17, 15) is 0 Å². The van der Waals surface area contributed by atoms with Crippen LogP contribution in [0.15, 0.2) is 17.3 Å². The Bertz CT molecular complexity index is 736. The molecule has 2 aromatic heterocycles. The third kappa shape index (κ3) is 4.66. The van der Waals surface area contributed by atoms with E-state index < -0.39 is 0 Å². The molecule has 8 nitrogen and oxygen atoms in total. The third-order valence-corrected chi connectivity index (χ3v) is 5.00. The van der Waals surface area contributed by atoms with Crippen LogP contribution in [0.3, 0.4) is 0 Å². The van der Waals surface area contributed by atoms with Crippen LogP contribution in [0.25, 0.3) is 0 Å². The average Bonchev–Trinajstić information content (AvgIpc) is 3.15. The second kappa shape index (κ2) is 8.88. The quantitative estimate of drug-likeness (QED) is 0.627. The smallest absolute Gasteiger partial charge is 0.205 e. The van der Waals surface area contributed by atoms with E-state index in [-0.39, 0.29) is 0 Å². The van der Waals surface area contributed by atoms with Crippen LogP contribution in [0, 0.1) is 6.92 Å². The number of nitrogens with one attached hydrogen (secondary N) is 1. The maximum Gasteiger partial charge on any atom is 0.205 e. The predicted molar refractivity (Wildman–Crippen MR) is 105 cm³/mol. The molecule has 0 amide bonds. The number of hydrogen-bond acceptors (Lipinski definition) is 7. The summed E-state index contributed by atoms with van der Waals surface area (Å²) in [5, 5.41) is 4.42. The SMILES string of the molecule is CCNC(=NCc1ccnc(C)n1)N1CCN(c2nc(CC)ns2)CC1. The summed E-state index contributed by atoms with van der Waals surface area (Å²) in [7, 11) is 0. The van der Waals surface area contributed by atoms with Gasteiger partial charge < -0.3 is 15.1 Å². The Morgan fingerprint density at radius 3 is 2.69 bits per heavy atom. The van der Waals surface area contributed by atoms with Gasteiger partial charge in [-0.1, -0.05) is 6.92 Å². The molecule has 3 rings (SSSR count). The molecule has 0 saturated carbocycles. The first-order valence-corrected chi connectivity index (χ1v) is 9.86. The number of piperazine rings is 1. The molecule has 0 radical (unpaired) electrons. The first kappa shape index (κ1) is 18.5. The van der Waals surface area contributed by atoms with E-state index in [1.807, 2.05) is 13.0 Å². The maximum atomic E-state index is 4.76. The molecule has 1 aliphatic rings. The van der Waals surface area contributed by atoms with Crippen LogP contribution in [0.4, 0.5) is 5.13 Å². The lowest BCUT2D eigenvalue weighted by atomic mass is 10.3. The zero-order valence-corrected chi connectivity index (χ0v) is 16.5. The molecule has 3 heterocycles. The van der Waals surface area contributed by atoms with E-state index in [1.54, 1.807) is 6.20 Å². The van der Waals surface area contributed by atoms with Gasteiger partial charge in [-0.2, -0.15) is 4.37 Å². The van der Waals surface area contributed by atoms with Gasteiger partial charge in [0.2, 0.25) is 5.13 Å². The minimum atomic E-state index is 0.558. The summed E-state index contributed by atoms with van der Waals surface area (Å²) in [5.41, 5.74) is 0.937. The van der Waals surface area contributed by atoms with E-state index in [0.29, 0.717) is 6.54 Å². The molecule has 2 aromatic rings. The number of aryl methyl sites for hydroxylation is 2. The highest BCUT2D eigenvalue weighted by molar-refractivity contribution is 7.09. The summed E-state index contributed by atoms with van der Waals surface area (Å²) >= 11 is 1.50. The number of hydrogen-bond donors (Lipinski definition) is 1. The maximum absolute atomic E-state index is 4.76. The summed E-state index contributed by atoms with van der Waals surface area (Å²) in [6.07, 6.45) is 2.67. The van der Waals surface area contributed by atoms with Crippen LogP contribution < -0.4 is 10.2 Å². The number of rotatable bonds is 5. The number of nitrogens with zero attached hydrogens (tertiary/aromatic N) is 7. The molecule has 0 bridgehead atoms. The van der Waals surface area contributed by atoms with Crippen LogP contribution in [0.5, 0.6) is 0 Å². The molecule has 0 unspecified atom stereocenters. The van der Waals surface area contributed by atoms with Gasteiger partial charge in [0.25, 0.3) is 0 Å². The van der Waals surface area contributed by atoms with Crippen LogP contribution in [0.2, 0.25) is 0 Å². The van der Waals surface area contributed by atoms with Crippen molar-refractivity contribution in [3.05, 3.63) is 29.6 Å². The molecule has 1 aliphatic heterocycles. The Hall–Kier alpha value is -2.29. The van der Waals surface area contributed by atoms with Crippen molar-refractivity contribution in [1.82, 2.24) is 29.5 Å². The van der Waals surface area contributed by atoms with Crippen molar-refractivity contribution in [2.45, 2.75) is 33.7 Å². The topological polar surface area (TPSA) is 82.4 Å². The fraction of sp³-hybridized carbons (Fsp3) is 0.588. The zero-order valence-electron chi connectivity index (χ0n) is 15.6. The zero-order chi connectivity index (χ0) is 18.4. The van der Waals surface area contributed by atoms with Crippen LogP contribution in [-0.4, -0.2) is 62.9 Å². The van der Waals surface area contributed by atoms with E-state index in [4.69, 9.17) is 4.99 Å². The molecule has 140 valence electrons. The summed E-state index contributed by atoms with van der Waals surface area (Å²) < 4.78 is 4.39. The van der Waals surface area contributed by atoms with Gasteiger partial charge in [0, 0.05) is 56.9 Å². The van der Waals surface area contributed by atoms with Crippen molar-refractivity contribution < 1.29 is 0 Å². The van der Waals surface area contributed by atoms with E-state index in [2.05, 4.69) is 48.3 Å². The highest BCUT2D eigenvalue weighted by Gasteiger charge is 2.22. The number of aliphatic imine (C=N–C) groups is 1. The normalized spacial score (nSPS) is 15.4. The molecule has 0 spiro atoms. The molecule has 26 heavy (non-hydrogen) atoms. The highest BCUT2D eigenvalue weighted by atomic mass is 32.1. The number of anilines is 1. The van der Waals surface area contributed by atoms with Crippen molar-refractivity contribution in [1.29, 1.82) is 0 Å². The molecule has 0 aromatic carbocycles. The molecular weight excluding hydrogens is 348 g/mol. The van der Waals surface area contributed by atoms with Gasteiger partial charge in [-0.25, -0.2) is 19.9 Å². The molecule has 9 heteroatoms. The molecule has 1 saturated heterocycles. The summed E-state index contributed by atoms with van der Waals surface area (Å²) in [6.45, 7) is 11.2. The fourth-order valence-electron chi connectivity index (χ4n) is 2.80. The minimum absolute atomic E-state index is 0.558. The van der Waals surface area contributed by atoms with Gasteiger partial charge in [-0.3, -0.25) is 0 Å². The first-order chi connectivity index (χ1) is 12.7. The Morgan fingerprint density at radius 1 is 1.23 bits per heavy atom. The van der Waals surface area contributed by atoms with Crippen molar-refractivity contribution in [3.8, 4) is 0 Å². The summed E-state index contributed by atoms with van der Waals surface area (Å²) in [5.74, 6) is 2.65. The van der Waals surface area contributed by atoms with Gasteiger partial charge in [0.1, 0.15) is 11.6 Å². The molecule has 0 atom stereocenters. The first-order valence-electron chi connectivity index (χ1n) is 9.09. The Balaban J connectivity index is 1.61. The number of guanidine groups is 1. The minimum Gasteiger partial charge on any atom is -0.357 e. The van der Waals surface area contributed by atoms with Gasteiger partial charge in [-0.05, 0) is 19.9 Å². The van der Waals surface area contributed by atoms with Gasteiger partial charge >= 0.3 is 0 Å². The molecular formula is C17H26N8S. The Labute approximate surface area is 158 Å². The third-order valence-electron chi connectivity index (χ3n) is 4.18. The second-order valence-electron chi connectivity index (χ2n) is 6.09. The van der Waals surface area contributed by atoms with Gasteiger partial charge in [0.05, 0.1) is 12.2 Å². The molecule has 1 N–H and O–H groups in total. The predicted octanol–water partition coefficient (Wildman–Crippen LogP) is 1.49. The lowest BCUT2D eigenvalue weighted by Gasteiger charge is -2.36. The lowest BCUT2D eigenvalue weighted by molar-refractivity contribution is 0.372. The van der Waals surface area contributed by atoms with Gasteiger partial charge in [0.15, 0.2) is 5.96 Å². The van der Waals surface area contributed by atoms with Crippen molar-refractivity contribution in [2.24, 2.45) is 4.99 Å². The Kier molecular flexibility index (Phi) is 6.32. The average molecular weight is 375 g/mol. The van der Waals surface area contributed by atoms with Gasteiger partial charge in [-0.15, -0.1) is 0 Å². The van der Waals surface area contributed by atoms with E-state index >= 15 is 0 Å². The van der Waals surface area contributed by atoms with Crippen LogP contribution in [-0.2, 0) is 13.0 Å². The van der Waals surface area contributed by atoms with Crippen LogP contribution >= 0.6 is 11.5 Å². The van der Waals surface area contributed by atoms with Crippen molar-refractivity contribution in [3.63, 3.8) is 0 Å².